The van der Waals surface area contributed by atoms with E-state index in [2.05, 4.69) is 10.6 Å². The van der Waals surface area contributed by atoms with Crippen LogP contribution >= 0.6 is 11.6 Å². The van der Waals surface area contributed by atoms with Crippen molar-refractivity contribution in [2.75, 3.05) is 48.6 Å². The lowest BCUT2D eigenvalue weighted by Crippen LogP contribution is -2.46. The topological polar surface area (TPSA) is 100 Å². The molecule has 2 aromatic carbocycles. The summed E-state index contributed by atoms with van der Waals surface area (Å²) in [4.78, 5) is 40.3. The summed E-state index contributed by atoms with van der Waals surface area (Å²) >= 11 is 5.86. The molecule has 0 bridgehead atoms. The van der Waals surface area contributed by atoms with Crippen LogP contribution in [0.2, 0.25) is 5.02 Å². The van der Waals surface area contributed by atoms with Gasteiger partial charge in [0.1, 0.15) is 19.4 Å². The molecule has 0 aliphatic carbocycles. The van der Waals surface area contributed by atoms with Gasteiger partial charge in [0, 0.05) is 28.6 Å². The number of amides is 4. The van der Waals surface area contributed by atoms with E-state index in [0.717, 1.165) is 5.69 Å². The van der Waals surface area contributed by atoms with E-state index in [9.17, 15) is 14.4 Å². The van der Waals surface area contributed by atoms with E-state index >= 15 is 0 Å². The van der Waals surface area contributed by atoms with Gasteiger partial charge >= 0.3 is 6.03 Å². The quantitative estimate of drug-likeness (QED) is 0.754. The zero-order valence-electron chi connectivity index (χ0n) is 16.5. The first kappa shape index (κ1) is 21.1. The summed E-state index contributed by atoms with van der Waals surface area (Å²) in [7, 11) is 0. The maximum atomic E-state index is 12.8. The van der Waals surface area contributed by atoms with Crippen LogP contribution in [0, 0.1) is 0 Å². The van der Waals surface area contributed by atoms with Gasteiger partial charge in [0.2, 0.25) is 5.91 Å². The first-order chi connectivity index (χ1) is 15.0. The first-order valence-electron chi connectivity index (χ1n) is 9.71. The molecule has 10 heteroatoms. The van der Waals surface area contributed by atoms with Crippen molar-refractivity contribution in [2.24, 2.45) is 0 Å². The molecule has 31 heavy (non-hydrogen) atoms. The Labute approximate surface area is 183 Å². The van der Waals surface area contributed by atoms with Gasteiger partial charge in [0.25, 0.3) is 5.91 Å². The monoisotopic (exact) mass is 444 g/mol. The molecule has 2 aromatic rings. The van der Waals surface area contributed by atoms with E-state index in [1.54, 1.807) is 53.4 Å². The van der Waals surface area contributed by atoms with Crippen LogP contribution in [0.25, 0.3) is 0 Å². The molecule has 2 N–H and O–H groups in total. The molecule has 2 aliphatic heterocycles. The lowest BCUT2D eigenvalue weighted by molar-refractivity contribution is -0.125. The Kier molecular flexibility index (Phi) is 6.36. The molecule has 2 aliphatic rings. The van der Waals surface area contributed by atoms with Gasteiger partial charge in [-0.2, -0.15) is 0 Å². The van der Waals surface area contributed by atoms with Crippen molar-refractivity contribution in [3.05, 3.63) is 53.6 Å². The minimum atomic E-state index is -0.771. The summed E-state index contributed by atoms with van der Waals surface area (Å²) in [5.41, 5.74) is 1.85. The van der Waals surface area contributed by atoms with Crippen molar-refractivity contribution in [1.29, 1.82) is 0 Å². The van der Waals surface area contributed by atoms with Gasteiger partial charge < -0.3 is 25.0 Å². The van der Waals surface area contributed by atoms with Crippen LogP contribution in [-0.2, 0) is 19.1 Å². The van der Waals surface area contributed by atoms with Crippen LogP contribution in [0.15, 0.2) is 48.5 Å². The number of nitrogens with zero attached hydrogens (tertiary/aromatic N) is 2. The number of nitrogens with one attached hydrogen (secondary N) is 2. The smallest absolute Gasteiger partial charge is 0.324 e. The molecule has 162 valence electrons. The van der Waals surface area contributed by atoms with Crippen LogP contribution in [0.3, 0.4) is 0 Å². The minimum Gasteiger partial charge on any atom is -0.370 e. The average Bonchev–Trinajstić information content (AvgIpc) is 3.27. The molecule has 0 radical (unpaired) electrons. The first-order valence-corrected chi connectivity index (χ1v) is 10.1. The Hall–Kier alpha value is -3.14. The van der Waals surface area contributed by atoms with Crippen molar-refractivity contribution in [1.82, 2.24) is 4.90 Å². The van der Waals surface area contributed by atoms with E-state index in [0.29, 0.717) is 29.5 Å². The van der Waals surface area contributed by atoms with Crippen LogP contribution in [0.1, 0.15) is 0 Å². The Morgan fingerprint density at radius 1 is 0.968 bits per heavy atom. The highest BCUT2D eigenvalue weighted by atomic mass is 35.5. The van der Waals surface area contributed by atoms with Crippen LogP contribution in [0.5, 0.6) is 0 Å². The molecule has 1 atom stereocenters. The summed E-state index contributed by atoms with van der Waals surface area (Å²) in [6.45, 7) is 1.14. The van der Waals surface area contributed by atoms with Crippen molar-refractivity contribution in [3.63, 3.8) is 0 Å². The lowest BCUT2D eigenvalue weighted by Gasteiger charge is -2.27. The minimum absolute atomic E-state index is 0.00951. The van der Waals surface area contributed by atoms with Gasteiger partial charge in [-0.05, 0) is 48.5 Å². The maximum Gasteiger partial charge on any atom is 0.324 e. The highest BCUT2D eigenvalue weighted by molar-refractivity contribution is 6.30. The number of benzene rings is 2. The molecule has 2 fully saturated rings. The predicted octanol–water partition coefficient (Wildman–Crippen LogP) is 2.53. The Morgan fingerprint density at radius 2 is 1.65 bits per heavy atom. The fourth-order valence-electron chi connectivity index (χ4n) is 3.33. The Bertz CT molecular complexity index is 967. The zero-order chi connectivity index (χ0) is 21.8. The molecule has 0 aromatic heterocycles. The molecule has 9 nitrogen and oxygen atoms in total. The highest BCUT2D eigenvalue weighted by Gasteiger charge is 2.35. The summed E-state index contributed by atoms with van der Waals surface area (Å²) in [6.07, 6.45) is 0. The number of rotatable bonds is 4. The second-order valence-corrected chi connectivity index (χ2v) is 7.49. The van der Waals surface area contributed by atoms with Crippen molar-refractivity contribution < 1.29 is 23.9 Å². The third kappa shape index (κ3) is 4.96. The van der Waals surface area contributed by atoms with E-state index in [1.165, 1.54) is 4.90 Å². The number of anilines is 3. The highest BCUT2D eigenvalue weighted by Crippen LogP contribution is 2.21. The lowest BCUT2D eigenvalue weighted by atomic mass is 10.2. The molecule has 4 amide bonds. The largest absolute Gasteiger partial charge is 0.370 e. The molecule has 0 unspecified atom stereocenters. The second kappa shape index (κ2) is 9.34. The number of urea groups is 1. The van der Waals surface area contributed by atoms with Gasteiger partial charge in [-0.3, -0.25) is 14.5 Å². The number of carbonyl (C=O) groups excluding carboxylic acids is 3. The SMILES string of the molecule is O=C(Nc1ccc(N2CCOCC2=O)cc1)[C@H]1COCN1C(=O)Nc1ccc(Cl)cc1. The number of morpholine rings is 1. The number of hydrogen-bond acceptors (Lipinski definition) is 5. The fourth-order valence-corrected chi connectivity index (χ4v) is 3.46. The van der Waals surface area contributed by atoms with E-state index in [-0.39, 0.29) is 31.8 Å². The normalized spacial score (nSPS) is 18.7. The summed E-state index contributed by atoms with van der Waals surface area (Å²) < 4.78 is 10.5. The molecule has 2 saturated heterocycles. The molecular formula is C21H21ClN4O5. The van der Waals surface area contributed by atoms with Crippen LogP contribution in [0.4, 0.5) is 21.9 Å². The number of carbonyl (C=O) groups is 3. The Morgan fingerprint density at radius 3 is 2.35 bits per heavy atom. The number of ether oxygens (including phenoxy) is 2. The molecule has 4 rings (SSSR count). The standard InChI is InChI=1S/C21H21ClN4O5/c22-14-1-3-16(4-2-14)24-21(29)26-13-31-11-18(26)20(28)23-15-5-7-17(8-6-15)25-9-10-30-12-19(25)27/h1-8,18H,9-13H2,(H,23,28)(H,24,29)/t18-/m1/s1. The Balaban J connectivity index is 1.37. The third-order valence-electron chi connectivity index (χ3n) is 4.97. The van der Waals surface area contributed by atoms with Crippen molar-refractivity contribution in [2.45, 2.75) is 6.04 Å². The van der Waals surface area contributed by atoms with Crippen LogP contribution < -0.4 is 15.5 Å². The second-order valence-electron chi connectivity index (χ2n) is 7.06. The molecule has 0 saturated carbocycles. The maximum absolute atomic E-state index is 12.8. The van der Waals surface area contributed by atoms with Gasteiger partial charge in [-0.15, -0.1) is 0 Å². The average molecular weight is 445 g/mol. The van der Waals surface area contributed by atoms with Gasteiger partial charge in [0.05, 0.1) is 13.2 Å². The zero-order valence-corrected chi connectivity index (χ0v) is 17.3. The van der Waals surface area contributed by atoms with Gasteiger partial charge in [0.15, 0.2) is 0 Å². The van der Waals surface area contributed by atoms with Crippen LogP contribution in [-0.4, -0.2) is 61.9 Å². The summed E-state index contributed by atoms with van der Waals surface area (Å²) in [5.74, 6) is -0.465. The fraction of sp³-hybridized carbons (Fsp3) is 0.286. The molecule has 2 heterocycles. The van der Waals surface area contributed by atoms with E-state index in [1.807, 2.05) is 0 Å². The molecule has 0 spiro atoms. The van der Waals surface area contributed by atoms with E-state index in [4.69, 9.17) is 21.1 Å². The molecular weight excluding hydrogens is 424 g/mol. The summed E-state index contributed by atoms with van der Waals surface area (Å²) in [6, 6.07) is 12.4. The third-order valence-corrected chi connectivity index (χ3v) is 5.23. The van der Waals surface area contributed by atoms with Gasteiger partial charge in [-0.1, -0.05) is 11.6 Å². The van der Waals surface area contributed by atoms with Gasteiger partial charge in [-0.25, -0.2) is 4.79 Å². The van der Waals surface area contributed by atoms with Crippen molar-refractivity contribution >= 4 is 46.5 Å². The number of halogens is 1. The summed E-state index contributed by atoms with van der Waals surface area (Å²) in [5, 5.41) is 6.08. The van der Waals surface area contributed by atoms with E-state index < -0.39 is 12.1 Å². The number of hydrogen-bond donors (Lipinski definition) is 2. The van der Waals surface area contributed by atoms with Crippen molar-refractivity contribution in [3.8, 4) is 0 Å². The predicted molar refractivity (Wildman–Crippen MR) is 115 cm³/mol.